The van der Waals surface area contributed by atoms with Crippen LogP contribution in [0.25, 0.3) is 22.2 Å². The third kappa shape index (κ3) is 6.59. The van der Waals surface area contributed by atoms with Crippen molar-refractivity contribution in [3.05, 3.63) is 72.1 Å². The maximum absolute atomic E-state index is 12.9. The second-order valence-electron chi connectivity index (χ2n) is 11.4. The summed E-state index contributed by atoms with van der Waals surface area (Å²) in [7, 11) is 0. The molecule has 4 aromatic rings. The van der Waals surface area contributed by atoms with E-state index in [-0.39, 0.29) is 18.0 Å². The number of aromatic nitrogens is 3. The molecule has 4 N–H and O–H groups in total. The van der Waals surface area contributed by atoms with Gasteiger partial charge in [-0.25, -0.2) is 14.8 Å². The van der Waals surface area contributed by atoms with Gasteiger partial charge >= 0.3 is 6.09 Å². The Hall–Kier alpha value is -4.40. The van der Waals surface area contributed by atoms with Crippen molar-refractivity contribution in [3.63, 3.8) is 0 Å². The predicted molar refractivity (Wildman–Crippen MR) is 157 cm³/mol. The van der Waals surface area contributed by atoms with Crippen molar-refractivity contribution in [1.29, 1.82) is 0 Å². The molecule has 0 aliphatic heterocycles. The lowest BCUT2D eigenvalue weighted by atomic mass is 9.91. The lowest BCUT2D eigenvalue weighted by Crippen LogP contribution is -2.42. The van der Waals surface area contributed by atoms with Gasteiger partial charge in [-0.3, -0.25) is 10.1 Å². The first-order valence-corrected chi connectivity index (χ1v) is 13.7. The van der Waals surface area contributed by atoms with E-state index < -0.39 is 11.7 Å². The van der Waals surface area contributed by atoms with Gasteiger partial charge in [0.05, 0.1) is 5.69 Å². The van der Waals surface area contributed by atoms with E-state index >= 15 is 0 Å². The third-order valence-corrected chi connectivity index (χ3v) is 6.95. The van der Waals surface area contributed by atoms with Crippen LogP contribution in [-0.2, 0) is 4.74 Å². The number of rotatable bonds is 6. The first kappa shape index (κ1) is 27.2. The summed E-state index contributed by atoms with van der Waals surface area (Å²) in [4.78, 5) is 37.7. The van der Waals surface area contributed by atoms with Crippen molar-refractivity contribution in [2.45, 2.75) is 71.1 Å². The summed E-state index contributed by atoms with van der Waals surface area (Å²) in [5.41, 5.74) is 4.57. The Labute approximate surface area is 234 Å². The fourth-order valence-corrected chi connectivity index (χ4v) is 5.08. The number of para-hydroxylation sites is 1. The number of anilines is 2. The molecule has 2 aromatic carbocycles. The van der Waals surface area contributed by atoms with Crippen LogP contribution >= 0.6 is 0 Å². The van der Waals surface area contributed by atoms with Gasteiger partial charge in [-0.05, 0) is 89.3 Å². The number of hydrogen-bond donors (Lipinski definition) is 4. The largest absolute Gasteiger partial charge is 0.444 e. The van der Waals surface area contributed by atoms with Gasteiger partial charge in [0.1, 0.15) is 5.60 Å². The van der Waals surface area contributed by atoms with Crippen LogP contribution in [0.5, 0.6) is 0 Å². The number of nitrogens with one attached hydrogen (secondary N) is 4. The summed E-state index contributed by atoms with van der Waals surface area (Å²) in [6.07, 6.45) is 6.99. The highest BCUT2D eigenvalue weighted by Gasteiger charge is 2.25. The minimum atomic E-state index is -0.582. The quantitative estimate of drug-likeness (QED) is 0.224. The zero-order valence-corrected chi connectivity index (χ0v) is 23.4. The van der Waals surface area contributed by atoms with Crippen molar-refractivity contribution in [3.8, 4) is 11.3 Å². The van der Waals surface area contributed by atoms with E-state index in [1.54, 1.807) is 24.3 Å². The highest BCUT2D eigenvalue weighted by atomic mass is 16.6. The Morgan fingerprint density at radius 1 is 1.02 bits per heavy atom. The van der Waals surface area contributed by atoms with Crippen LogP contribution in [0, 0.1) is 6.92 Å². The molecule has 2 amide bonds. The number of hydrogen-bond acceptors (Lipinski definition) is 6. The normalized spacial score (nSPS) is 17.3. The topological polar surface area (TPSA) is 121 Å². The molecule has 2 atom stereocenters. The maximum Gasteiger partial charge on any atom is 0.412 e. The van der Waals surface area contributed by atoms with E-state index in [0.29, 0.717) is 17.2 Å². The number of nitrogens with zero attached hydrogens (tertiary/aromatic N) is 2. The van der Waals surface area contributed by atoms with E-state index in [9.17, 15) is 9.59 Å². The summed E-state index contributed by atoms with van der Waals surface area (Å²) in [6, 6.07) is 15.2. The molecule has 0 saturated heterocycles. The monoisotopic (exact) mass is 540 g/mol. The van der Waals surface area contributed by atoms with Crippen LogP contribution in [0.15, 0.2) is 60.9 Å². The second-order valence-corrected chi connectivity index (χ2v) is 11.4. The van der Waals surface area contributed by atoms with Gasteiger partial charge in [-0.2, -0.15) is 0 Å². The fraction of sp³-hybridized carbons (Fsp3) is 0.355. The third-order valence-electron chi connectivity index (χ3n) is 6.95. The fourth-order valence-electron chi connectivity index (χ4n) is 5.08. The number of fused-ring (bicyclic) bond motifs is 1. The number of carbonyl (C=O) groups excluding carboxylic acids is 2. The highest BCUT2D eigenvalue weighted by molar-refractivity contribution is 5.96. The smallest absolute Gasteiger partial charge is 0.412 e. The highest BCUT2D eigenvalue weighted by Crippen LogP contribution is 2.30. The zero-order chi connectivity index (χ0) is 28.3. The minimum Gasteiger partial charge on any atom is -0.444 e. The molecule has 9 nitrogen and oxygen atoms in total. The molecule has 0 radical (unpaired) electrons. The summed E-state index contributed by atoms with van der Waals surface area (Å²) < 4.78 is 5.27. The van der Waals surface area contributed by atoms with Crippen molar-refractivity contribution in [2.75, 3.05) is 10.6 Å². The van der Waals surface area contributed by atoms with Crippen LogP contribution in [0.3, 0.4) is 0 Å². The summed E-state index contributed by atoms with van der Waals surface area (Å²) in [5, 5.41) is 10.5. The van der Waals surface area contributed by atoms with Gasteiger partial charge in [0.25, 0.3) is 5.91 Å². The van der Waals surface area contributed by atoms with E-state index in [1.807, 2.05) is 52.2 Å². The second kappa shape index (κ2) is 11.4. The molecule has 9 heteroatoms. The molecule has 5 rings (SSSR count). The van der Waals surface area contributed by atoms with Crippen molar-refractivity contribution in [1.82, 2.24) is 20.3 Å². The Kier molecular flexibility index (Phi) is 7.73. The maximum atomic E-state index is 12.9. The molecule has 1 saturated carbocycles. The number of amides is 2. The zero-order valence-electron chi connectivity index (χ0n) is 23.4. The molecular weight excluding hydrogens is 504 g/mol. The molecule has 1 fully saturated rings. The van der Waals surface area contributed by atoms with Crippen molar-refractivity contribution >= 4 is 34.5 Å². The first-order valence-electron chi connectivity index (χ1n) is 13.7. The van der Waals surface area contributed by atoms with Crippen molar-refractivity contribution in [2.24, 2.45) is 0 Å². The van der Waals surface area contributed by atoms with Gasteiger partial charge in [0, 0.05) is 52.2 Å². The van der Waals surface area contributed by atoms with Crippen molar-refractivity contribution < 1.29 is 14.3 Å². The number of aromatic amines is 1. The molecule has 1 aliphatic rings. The molecule has 0 bridgehead atoms. The van der Waals surface area contributed by atoms with Crippen LogP contribution in [-0.4, -0.2) is 44.6 Å². The van der Waals surface area contributed by atoms with Crippen LogP contribution in [0.2, 0.25) is 0 Å². The van der Waals surface area contributed by atoms with Gasteiger partial charge in [-0.1, -0.05) is 18.2 Å². The molecule has 2 aromatic heterocycles. The van der Waals surface area contributed by atoms with Crippen LogP contribution in [0.1, 0.15) is 62.4 Å². The van der Waals surface area contributed by atoms with Gasteiger partial charge in [-0.15, -0.1) is 0 Å². The van der Waals surface area contributed by atoms with E-state index in [1.165, 1.54) is 0 Å². The Morgan fingerprint density at radius 3 is 2.55 bits per heavy atom. The first-order chi connectivity index (χ1) is 19.1. The summed E-state index contributed by atoms with van der Waals surface area (Å²) in [6.45, 7) is 7.44. The number of ether oxygens (including phenoxy) is 1. The number of aryl methyl sites for hydroxylation is 1. The van der Waals surface area contributed by atoms with Gasteiger partial charge < -0.3 is 20.4 Å². The Morgan fingerprint density at radius 2 is 1.77 bits per heavy atom. The number of benzene rings is 2. The van der Waals surface area contributed by atoms with E-state index in [0.717, 1.165) is 53.4 Å². The average molecular weight is 541 g/mol. The molecule has 2 heterocycles. The van der Waals surface area contributed by atoms with E-state index in [2.05, 4.69) is 38.1 Å². The molecule has 208 valence electrons. The standard InChI is InChI=1S/C31H36N6O3/c1-19-17-33-29(37-27(19)25-18-32-26-11-6-5-10-24(25)26)35-23-9-7-8-22(16-23)34-28(38)20-12-14-21(15-13-20)36-30(39)40-31(2,3)4/h5-6,10-15,17-18,22-23,32H,7-9,16H2,1-4H3,(H,34,38)(H,36,39)(H,33,35,37)/t22-,23+/m0/s1. The number of H-pyrrole nitrogens is 1. The predicted octanol–water partition coefficient (Wildman–Crippen LogP) is 6.43. The lowest BCUT2D eigenvalue weighted by molar-refractivity contribution is 0.0635. The van der Waals surface area contributed by atoms with Crippen LogP contribution in [0.4, 0.5) is 16.4 Å². The molecule has 1 aliphatic carbocycles. The Bertz CT molecular complexity index is 1510. The molecule has 40 heavy (non-hydrogen) atoms. The average Bonchev–Trinajstić information content (AvgIpc) is 3.33. The molecular formula is C31H36N6O3. The summed E-state index contributed by atoms with van der Waals surface area (Å²) in [5.74, 6) is 0.457. The Balaban J connectivity index is 1.19. The van der Waals surface area contributed by atoms with Crippen LogP contribution < -0.4 is 16.0 Å². The van der Waals surface area contributed by atoms with Gasteiger partial charge in [0.2, 0.25) is 5.95 Å². The number of carbonyl (C=O) groups is 2. The lowest BCUT2D eigenvalue weighted by Gasteiger charge is -2.30. The molecule has 0 spiro atoms. The minimum absolute atomic E-state index is 0.0388. The SMILES string of the molecule is Cc1cnc(N[C@@H]2CCC[C@H](NC(=O)c3ccc(NC(=O)OC(C)(C)C)cc3)C2)nc1-c1c[nH]c2ccccc12. The summed E-state index contributed by atoms with van der Waals surface area (Å²) >= 11 is 0. The van der Waals surface area contributed by atoms with E-state index in [4.69, 9.17) is 9.72 Å². The van der Waals surface area contributed by atoms with Gasteiger partial charge in [0.15, 0.2) is 0 Å². The molecule has 0 unspecified atom stereocenters.